The Balaban J connectivity index is 1.87. The second-order valence-corrected chi connectivity index (χ2v) is 4.59. The van der Waals surface area contributed by atoms with Gasteiger partial charge in [-0.25, -0.2) is 0 Å². The Kier molecular flexibility index (Phi) is 3.53. The first kappa shape index (κ1) is 11.8. The van der Waals surface area contributed by atoms with Crippen molar-refractivity contribution in [3.05, 3.63) is 28.2 Å². The maximum Gasteiger partial charge on any atom is 0.230 e. The Hall–Kier alpha value is -1.69. The van der Waals surface area contributed by atoms with Crippen LogP contribution in [-0.4, -0.2) is 20.7 Å². The van der Waals surface area contributed by atoms with Gasteiger partial charge in [0.25, 0.3) is 0 Å². The number of nitrogens with zero attached hydrogens (tertiary/aromatic N) is 3. The molecule has 1 N–H and O–H groups in total. The van der Waals surface area contributed by atoms with Gasteiger partial charge in [0.15, 0.2) is 0 Å². The SMILES string of the molecule is Cc1nnc(NC(=O)CCc2ccsc2)n1C. The first-order chi connectivity index (χ1) is 8.16. The van der Waals surface area contributed by atoms with Crippen molar-refractivity contribution in [1.82, 2.24) is 14.8 Å². The van der Waals surface area contributed by atoms with Crippen molar-refractivity contribution < 1.29 is 4.79 Å². The van der Waals surface area contributed by atoms with Crippen molar-refractivity contribution in [1.29, 1.82) is 0 Å². The van der Waals surface area contributed by atoms with Crippen molar-refractivity contribution >= 4 is 23.2 Å². The van der Waals surface area contributed by atoms with Crippen LogP contribution in [0.4, 0.5) is 5.95 Å². The smallest absolute Gasteiger partial charge is 0.230 e. The van der Waals surface area contributed by atoms with Gasteiger partial charge >= 0.3 is 0 Å². The highest BCUT2D eigenvalue weighted by molar-refractivity contribution is 7.07. The molecule has 0 aliphatic rings. The van der Waals surface area contributed by atoms with Gasteiger partial charge in [-0.2, -0.15) is 11.3 Å². The predicted molar refractivity (Wildman–Crippen MR) is 67.0 cm³/mol. The van der Waals surface area contributed by atoms with Crippen molar-refractivity contribution in [3.8, 4) is 0 Å². The summed E-state index contributed by atoms with van der Waals surface area (Å²) in [6, 6.07) is 2.03. The maximum atomic E-state index is 11.7. The highest BCUT2D eigenvalue weighted by Gasteiger charge is 2.09. The number of rotatable bonds is 4. The number of hydrogen-bond acceptors (Lipinski definition) is 4. The summed E-state index contributed by atoms with van der Waals surface area (Å²) >= 11 is 1.64. The summed E-state index contributed by atoms with van der Waals surface area (Å²) in [6.45, 7) is 1.84. The van der Waals surface area contributed by atoms with Gasteiger partial charge in [-0.1, -0.05) is 0 Å². The normalized spacial score (nSPS) is 10.5. The second kappa shape index (κ2) is 5.09. The molecule has 0 saturated heterocycles. The first-order valence-corrected chi connectivity index (χ1v) is 6.28. The van der Waals surface area contributed by atoms with E-state index >= 15 is 0 Å². The van der Waals surface area contributed by atoms with Crippen LogP contribution in [0.5, 0.6) is 0 Å². The summed E-state index contributed by atoms with van der Waals surface area (Å²) in [4.78, 5) is 11.7. The second-order valence-electron chi connectivity index (χ2n) is 3.81. The van der Waals surface area contributed by atoms with Crippen LogP contribution in [0.25, 0.3) is 0 Å². The molecule has 17 heavy (non-hydrogen) atoms. The summed E-state index contributed by atoms with van der Waals surface area (Å²) in [5, 5.41) is 14.6. The number of anilines is 1. The summed E-state index contributed by atoms with van der Waals surface area (Å²) in [6.07, 6.45) is 1.22. The zero-order valence-corrected chi connectivity index (χ0v) is 10.6. The number of aryl methyl sites for hydroxylation is 2. The fourth-order valence-corrected chi connectivity index (χ4v) is 2.10. The zero-order chi connectivity index (χ0) is 12.3. The Labute approximate surface area is 103 Å². The molecule has 2 aromatic rings. The van der Waals surface area contributed by atoms with Gasteiger partial charge in [-0.05, 0) is 35.7 Å². The minimum absolute atomic E-state index is 0.0355. The Morgan fingerprint density at radius 1 is 1.53 bits per heavy atom. The van der Waals surface area contributed by atoms with Gasteiger partial charge in [0.05, 0.1) is 0 Å². The molecule has 0 aliphatic heterocycles. The molecule has 0 unspecified atom stereocenters. The van der Waals surface area contributed by atoms with E-state index in [0.717, 1.165) is 12.2 Å². The van der Waals surface area contributed by atoms with Crippen LogP contribution >= 0.6 is 11.3 Å². The molecular weight excluding hydrogens is 236 g/mol. The van der Waals surface area contributed by atoms with Gasteiger partial charge in [-0.15, -0.1) is 10.2 Å². The molecule has 0 spiro atoms. The molecule has 2 heterocycles. The lowest BCUT2D eigenvalue weighted by Crippen LogP contribution is -2.15. The van der Waals surface area contributed by atoms with Crippen LogP contribution in [-0.2, 0) is 18.3 Å². The average Bonchev–Trinajstić information content (AvgIpc) is 2.92. The van der Waals surface area contributed by atoms with E-state index in [1.54, 1.807) is 15.9 Å². The number of carbonyl (C=O) groups is 1. The quantitative estimate of drug-likeness (QED) is 0.899. The molecule has 2 aromatic heterocycles. The molecule has 2 rings (SSSR count). The van der Waals surface area contributed by atoms with Gasteiger partial charge in [0.1, 0.15) is 5.82 Å². The zero-order valence-electron chi connectivity index (χ0n) is 9.80. The molecule has 0 aromatic carbocycles. The number of nitrogens with one attached hydrogen (secondary N) is 1. The summed E-state index contributed by atoms with van der Waals surface area (Å²) in [5.74, 6) is 1.24. The molecule has 1 amide bonds. The van der Waals surface area contributed by atoms with Crippen LogP contribution in [0.2, 0.25) is 0 Å². The molecule has 0 bridgehead atoms. The number of thiophene rings is 1. The molecule has 0 atom stereocenters. The van der Waals surface area contributed by atoms with Gasteiger partial charge < -0.3 is 4.57 Å². The molecule has 0 saturated carbocycles. The molecule has 5 nitrogen and oxygen atoms in total. The average molecular weight is 250 g/mol. The minimum Gasteiger partial charge on any atom is -0.300 e. The lowest BCUT2D eigenvalue weighted by atomic mass is 10.2. The van der Waals surface area contributed by atoms with E-state index in [1.165, 1.54) is 5.56 Å². The molecule has 0 aliphatic carbocycles. The summed E-state index contributed by atoms with van der Waals surface area (Å²) in [7, 11) is 1.82. The van der Waals surface area contributed by atoms with Crippen LogP contribution in [0.3, 0.4) is 0 Å². The van der Waals surface area contributed by atoms with Crippen LogP contribution < -0.4 is 5.32 Å². The minimum atomic E-state index is -0.0355. The number of carbonyl (C=O) groups excluding carboxylic acids is 1. The summed E-state index contributed by atoms with van der Waals surface area (Å²) in [5.41, 5.74) is 1.19. The Morgan fingerprint density at radius 3 is 2.94 bits per heavy atom. The van der Waals surface area contributed by atoms with E-state index in [1.807, 2.05) is 25.4 Å². The van der Waals surface area contributed by atoms with E-state index in [9.17, 15) is 4.79 Å². The highest BCUT2D eigenvalue weighted by Crippen LogP contribution is 2.09. The molecular formula is C11H14N4OS. The van der Waals surface area contributed by atoms with Gasteiger partial charge in [0, 0.05) is 13.5 Å². The van der Waals surface area contributed by atoms with E-state index in [2.05, 4.69) is 20.9 Å². The number of amides is 1. The van der Waals surface area contributed by atoms with Crippen LogP contribution in [0, 0.1) is 6.92 Å². The van der Waals surface area contributed by atoms with Gasteiger partial charge in [-0.3, -0.25) is 10.1 Å². The van der Waals surface area contributed by atoms with Crippen molar-refractivity contribution in [3.63, 3.8) is 0 Å². The van der Waals surface area contributed by atoms with Crippen molar-refractivity contribution in [2.45, 2.75) is 19.8 Å². The Morgan fingerprint density at radius 2 is 2.35 bits per heavy atom. The topological polar surface area (TPSA) is 59.8 Å². The van der Waals surface area contributed by atoms with Crippen molar-refractivity contribution in [2.75, 3.05) is 5.32 Å². The molecule has 6 heteroatoms. The monoisotopic (exact) mass is 250 g/mol. The fraction of sp³-hybridized carbons (Fsp3) is 0.364. The lowest BCUT2D eigenvalue weighted by molar-refractivity contribution is -0.116. The fourth-order valence-electron chi connectivity index (χ4n) is 1.40. The van der Waals surface area contributed by atoms with Crippen molar-refractivity contribution in [2.24, 2.45) is 7.05 Å². The molecule has 90 valence electrons. The largest absolute Gasteiger partial charge is 0.300 e. The summed E-state index contributed by atoms with van der Waals surface area (Å²) < 4.78 is 1.75. The van der Waals surface area contributed by atoms with E-state index < -0.39 is 0 Å². The van der Waals surface area contributed by atoms with E-state index in [-0.39, 0.29) is 5.91 Å². The lowest BCUT2D eigenvalue weighted by Gasteiger charge is -2.03. The predicted octanol–water partition coefficient (Wildman–Crippen LogP) is 1.76. The van der Waals surface area contributed by atoms with Crippen LogP contribution in [0.1, 0.15) is 17.8 Å². The molecule has 0 fully saturated rings. The standard InChI is InChI=1S/C11H14N4OS/c1-8-13-14-11(15(8)2)12-10(16)4-3-9-5-6-17-7-9/h5-7H,3-4H2,1-2H3,(H,12,14,16). The molecule has 0 radical (unpaired) electrons. The van der Waals surface area contributed by atoms with Crippen LogP contribution in [0.15, 0.2) is 16.8 Å². The maximum absolute atomic E-state index is 11.7. The Bertz CT molecular complexity index is 504. The first-order valence-electron chi connectivity index (χ1n) is 5.33. The third-order valence-electron chi connectivity index (χ3n) is 2.56. The third-order valence-corrected chi connectivity index (χ3v) is 3.30. The van der Waals surface area contributed by atoms with E-state index in [0.29, 0.717) is 12.4 Å². The number of aromatic nitrogens is 3. The van der Waals surface area contributed by atoms with Gasteiger partial charge in [0.2, 0.25) is 11.9 Å². The number of hydrogen-bond donors (Lipinski definition) is 1. The van der Waals surface area contributed by atoms with E-state index in [4.69, 9.17) is 0 Å². The third kappa shape index (κ3) is 2.91. The highest BCUT2D eigenvalue weighted by atomic mass is 32.1.